The van der Waals surface area contributed by atoms with Crippen LogP contribution in [0.1, 0.15) is 25.5 Å². The third kappa shape index (κ3) is 2.16. The van der Waals surface area contributed by atoms with Gasteiger partial charge in [-0.05, 0) is 24.8 Å². The first kappa shape index (κ1) is 12.8. The summed E-state index contributed by atoms with van der Waals surface area (Å²) in [6.45, 7) is 4.26. The number of nitriles is 1. The highest BCUT2D eigenvalue weighted by Gasteiger charge is 2.15. The number of aromatic nitrogens is 2. The second kappa shape index (κ2) is 5.32. The Balaban J connectivity index is 2.51. The number of imidazole rings is 1. The van der Waals surface area contributed by atoms with E-state index in [0.717, 1.165) is 17.0 Å². The Morgan fingerprint density at radius 2 is 2.33 bits per heavy atom. The van der Waals surface area contributed by atoms with E-state index in [1.54, 1.807) is 6.07 Å². The van der Waals surface area contributed by atoms with Gasteiger partial charge in [0.05, 0.1) is 11.1 Å². The van der Waals surface area contributed by atoms with Crippen LogP contribution in [0.25, 0.3) is 11.0 Å². The van der Waals surface area contributed by atoms with Crippen molar-refractivity contribution < 1.29 is 0 Å². The van der Waals surface area contributed by atoms with E-state index in [2.05, 4.69) is 24.9 Å². The van der Waals surface area contributed by atoms with Gasteiger partial charge in [-0.15, -0.1) is 0 Å². The molecule has 0 radical (unpaired) electrons. The first-order valence-electron chi connectivity index (χ1n) is 5.93. The average molecular weight is 260 g/mol. The molecule has 0 aliphatic carbocycles. The number of hydrogen-bond donors (Lipinski definition) is 1. The molecule has 1 heterocycles. The van der Waals surface area contributed by atoms with E-state index in [4.69, 9.17) is 11.0 Å². The van der Waals surface area contributed by atoms with E-state index in [1.807, 2.05) is 28.5 Å². The maximum Gasteiger partial charge on any atom is 0.201 e. The van der Waals surface area contributed by atoms with Gasteiger partial charge in [0.2, 0.25) is 5.95 Å². The van der Waals surface area contributed by atoms with Crippen molar-refractivity contribution in [2.45, 2.75) is 19.9 Å². The van der Waals surface area contributed by atoms with Crippen LogP contribution in [0.15, 0.2) is 18.2 Å². The van der Waals surface area contributed by atoms with Crippen LogP contribution in [0.5, 0.6) is 0 Å². The monoisotopic (exact) mass is 260 g/mol. The Kier molecular flexibility index (Phi) is 3.78. The molecule has 0 spiro atoms. The standard InChI is InChI=1S/C13H16N4S/c1-3-18-8-9(2)17-11-6-4-5-10(7-14)12(11)16-13(17)15/h4-6,9H,3,8H2,1-2H3,(H2,15,16). The molecule has 5 heteroatoms. The summed E-state index contributed by atoms with van der Waals surface area (Å²) in [6, 6.07) is 8.03. The SMILES string of the molecule is CCSCC(C)n1c(N)nc2c(C#N)cccc21. The Labute approximate surface area is 111 Å². The molecule has 0 bridgehead atoms. The Morgan fingerprint density at radius 3 is 3.00 bits per heavy atom. The zero-order chi connectivity index (χ0) is 13.1. The number of anilines is 1. The number of nitrogen functional groups attached to an aromatic ring is 1. The molecule has 1 aromatic carbocycles. The number of para-hydroxylation sites is 1. The molecule has 1 unspecified atom stereocenters. The number of benzene rings is 1. The fourth-order valence-corrected chi connectivity index (χ4v) is 2.78. The molecule has 0 aliphatic rings. The summed E-state index contributed by atoms with van der Waals surface area (Å²) in [5.74, 6) is 2.56. The van der Waals surface area contributed by atoms with E-state index in [1.165, 1.54) is 0 Å². The summed E-state index contributed by atoms with van der Waals surface area (Å²) >= 11 is 1.87. The fourth-order valence-electron chi connectivity index (χ4n) is 2.05. The minimum atomic E-state index is 0.272. The summed E-state index contributed by atoms with van der Waals surface area (Å²) in [5, 5.41) is 9.07. The molecule has 2 N–H and O–H groups in total. The molecule has 1 aromatic heterocycles. The average Bonchev–Trinajstić information content (AvgIpc) is 2.71. The fraction of sp³-hybridized carbons (Fsp3) is 0.385. The zero-order valence-corrected chi connectivity index (χ0v) is 11.4. The van der Waals surface area contributed by atoms with Gasteiger partial charge in [0.1, 0.15) is 11.6 Å². The minimum absolute atomic E-state index is 0.272. The van der Waals surface area contributed by atoms with Crippen molar-refractivity contribution in [3.8, 4) is 6.07 Å². The van der Waals surface area contributed by atoms with Crippen LogP contribution in [0, 0.1) is 11.3 Å². The molecular weight excluding hydrogens is 244 g/mol. The lowest BCUT2D eigenvalue weighted by Gasteiger charge is -2.15. The number of nitrogens with two attached hydrogens (primary N) is 1. The molecule has 2 aromatic rings. The van der Waals surface area contributed by atoms with Crippen molar-refractivity contribution >= 4 is 28.7 Å². The van der Waals surface area contributed by atoms with Gasteiger partial charge in [-0.1, -0.05) is 13.0 Å². The van der Waals surface area contributed by atoms with Crippen LogP contribution in [0.3, 0.4) is 0 Å². The molecule has 0 aliphatic heterocycles. The number of hydrogen-bond acceptors (Lipinski definition) is 4. The second-order valence-electron chi connectivity index (χ2n) is 4.13. The van der Waals surface area contributed by atoms with Gasteiger partial charge >= 0.3 is 0 Å². The van der Waals surface area contributed by atoms with Crippen molar-refractivity contribution in [2.24, 2.45) is 0 Å². The Morgan fingerprint density at radius 1 is 1.56 bits per heavy atom. The van der Waals surface area contributed by atoms with E-state index >= 15 is 0 Å². The quantitative estimate of drug-likeness (QED) is 0.917. The van der Waals surface area contributed by atoms with Crippen molar-refractivity contribution in [3.63, 3.8) is 0 Å². The van der Waals surface area contributed by atoms with Crippen molar-refractivity contribution in [1.29, 1.82) is 5.26 Å². The summed E-state index contributed by atoms with van der Waals surface area (Å²) in [4.78, 5) is 4.32. The van der Waals surface area contributed by atoms with Gasteiger partial charge in [0, 0.05) is 11.8 Å². The van der Waals surface area contributed by atoms with E-state index < -0.39 is 0 Å². The number of rotatable bonds is 4. The molecule has 0 fully saturated rings. The number of nitrogens with zero attached hydrogens (tertiary/aromatic N) is 3. The maximum absolute atomic E-state index is 9.07. The number of thioether (sulfide) groups is 1. The predicted octanol–water partition coefficient (Wildman–Crippen LogP) is 2.80. The van der Waals surface area contributed by atoms with Gasteiger partial charge in [-0.3, -0.25) is 0 Å². The lowest BCUT2D eigenvalue weighted by molar-refractivity contribution is 0.637. The van der Waals surface area contributed by atoms with Crippen LogP contribution in [-0.4, -0.2) is 21.1 Å². The molecule has 4 nitrogen and oxygen atoms in total. The third-order valence-corrected chi connectivity index (χ3v) is 4.00. The largest absolute Gasteiger partial charge is 0.369 e. The number of fused-ring (bicyclic) bond motifs is 1. The smallest absolute Gasteiger partial charge is 0.201 e. The zero-order valence-electron chi connectivity index (χ0n) is 10.6. The molecule has 1 atom stereocenters. The van der Waals surface area contributed by atoms with Gasteiger partial charge in [0.15, 0.2) is 0 Å². The predicted molar refractivity (Wildman–Crippen MR) is 76.6 cm³/mol. The maximum atomic E-state index is 9.07. The summed E-state index contributed by atoms with van der Waals surface area (Å²) < 4.78 is 2.01. The first-order valence-corrected chi connectivity index (χ1v) is 7.08. The normalized spacial score (nSPS) is 12.5. The highest BCUT2D eigenvalue weighted by molar-refractivity contribution is 7.99. The lowest BCUT2D eigenvalue weighted by Crippen LogP contribution is -2.11. The molecule has 0 saturated carbocycles. The highest BCUT2D eigenvalue weighted by atomic mass is 32.2. The highest BCUT2D eigenvalue weighted by Crippen LogP contribution is 2.26. The minimum Gasteiger partial charge on any atom is -0.369 e. The van der Waals surface area contributed by atoms with Crippen molar-refractivity contribution in [1.82, 2.24) is 9.55 Å². The van der Waals surface area contributed by atoms with Gasteiger partial charge in [-0.2, -0.15) is 17.0 Å². The molecular formula is C13H16N4S. The second-order valence-corrected chi connectivity index (χ2v) is 5.45. The van der Waals surface area contributed by atoms with Crippen LogP contribution in [0.2, 0.25) is 0 Å². The van der Waals surface area contributed by atoms with Crippen molar-refractivity contribution in [3.05, 3.63) is 23.8 Å². The summed E-state index contributed by atoms with van der Waals surface area (Å²) in [6.07, 6.45) is 0. The first-order chi connectivity index (χ1) is 8.69. The third-order valence-electron chi connectivity index (χ3n) is 2.87. The van der Waals surface area contributed by atoms with Crippen LogP contribution in [0.4, 0.5) is 5.95 Å². The topological polar surface area (TPSA) is 67.6 Å². The lowest BCUT2D eigenvalue weighted by atomic mass is 10.2. The van der Waals surface area contributed by atoms with Gasteiger partial charge in [-0.25, -0.2) is 4.98 Å². The van der Waals surface area contributed by atoms with Crippen molar-refractivity contribution in [2.75, 3.05) is 17.2 Å². The Hall–Kier alpha value is -1.67. The molecule has 0 saturated heterocycles. The van der Waals surface area contributed by atoms with E-state index in [0.29, 0.717) is 17.0 Å². The summed E-state index contributed by atoms with van der Waals surface area (Å²) in [5.41, 5.74) is 8.20. The Bertz CT molecular complexity index is 597. The van der Waals surface area contributed by atoms with E-state index in [9.17, 15) is 0 Å². The molecule has 18 heavy (non-hydrogen) atoms. The van der Waals surface area contributed by atoms with E-state index in [-0.39, 0.29) is 6.04 Å². The molecule has 2 rings (SSSR count). The van der Waals surface area contributed by atoms with Crippen LogP contribution in [-0.2, 0) is 0 Å². The summed E-state index contributed by atoms with van der Waals surface area (Å²) in [7, 11) is 0. The van der Waals surface area contributed by atoms with Crippen LogP contribution >= 0.6 is 11.8 Å². The molecule has 0 amide bonds. The molecule has 94 valence electrons. The van der Waals surface area contributed by atoms with Crippen LogP contribution < -0.4 is 5.73 Å². The van der Waals surface area contributed by atoms with Gasteiger partial charge in [0.25, 0.3) is 0 Å². The van der Waals surface area contributed by atoms with Gasteiger partial charge < -0.3 is 10.3 Å².